The van der Waals surface area contributed by atoms with Crippen molar-refractivity contribution >= 4 is 14.0 Å². The van der Waals surface area contributed by atoms with E-state index in [4.69, 9.17) is 0 Å². The quantitative estimate of drug-likeness (QED) is 0.527. The number of hydrogen-bond acceptors (Lipinski definition) is 1. The minimum atomic E-state index is -0.0611. The Morgan fingerprint density at radius 1 is 0.917 bits per heavy atom. The molecule has 0 atom stereocenters. The van der Waals surface area contributed by atoms with E-state index in [-0.39, 0.29) is 7.92 Å². The second-order valence-electron chi connectivity index (χ2n) is 5.30. The number of rotatable bonds is 4. The average molecular weight is 332 g/mol. The van der Waals surface area contributed by atoms with Gasteiger partial charge in [0.15, 0.2) is 0 Å². The molecule has 4 heteroatoms. The number of aromatic nitrogens is 2. The predicted molar refractivity (Wildman–Crippen MR) is 95.2 cm³/mol. The van der Waals surface area contributed by atoms with E-state index < -0.39 is 0 Å². The molecule has 0 spiro atoms. The van der Waals surface area contributed by atoms with Crippen molar-refractivity contribution < 1.29 is 13.7 Å². The van der Waals surface area contributed by atoms with E-state index in [1.54, 1.807) is 0 Å². The van der Waals surface area contributed by atoms with Gasteiger partial charge in [0.25, 0.3) is 0 Å². The maximum atomic E-state index is 10.4. The molecule has 3 rings (SSSR count). The molecule has 24 heavy (non-hydrogen) atoms. The Labute approximate surface area is 142 Å². The second kappa shape index (κ2) is 7.70. The SMILES string of the molecule is C=Cc1ccc(-[n+]2ccc(-c3cc[n+](CC#P=O)cc3)cc2)cc1. The van der Waals surface area contributed by atoms with E-state index in [9.17, 15) is 4.57 Å². The normalized spacial score (nSPS) is 10.0. The van der Waals surface area contributed by atoms with Crippen molar-refractivity contribution in [3.8, 4) is 22.4 Å². The van der Waals surface area contributed by atoms with Gasteiger partial charge in [0.05, 0.1) is 0 Å². The Hall–Kier alpha value is -2.73. The van der Waals surface area contributed by atoms with E-state index >= 15 is 0 Å². The Kier molecular flexibility index (Phi) is 5.18. The van der Waals surface area contributed by atoms with Gasteiger partial charge in [-0.1, -0.05) is 12.7 Å². The molecule has 0 radical (unpaired) electrons. The van der Waals surface area contributed by atoms with Crippen molar-refractivity contribution in [3.63, 3.8) is 0 Å². The smallest absolute Gasteiger partial charge is 0.0484 e. The predicted octanol–water partition coefficient (Wildman–Crippen LogP) is 3.81. The summed E-state index contributed by atoms with van der Waals surface area (Å²) in [4.78, 5) is 0. The van der Waals surface area contributed by atoms with Crippen LogP contribution in [0.5, 0.6) is 0 Å². The third-order valence-corrected chi connectivity index (χ3v) is 4.07. The van der Waals surface area contributed by atoms with Crippen LogP contribution in [0, 0.1) is 5.63 Å². The van der Waals surface area contributed by atoms with Gasteiger partial charge in [-0.05, 0) is 17.7 Å². The zero-order valence-electron chi connectivity index (χ0n) is 13.2. The fourth-order valence-corrected chi connectivity index (χ4v) is 2.66. The molecule has 0 unspecified atom stereocenters. The molecule has 0 amide bonds. The minimum absolute atomic E-state index is 0.0611. The van der Waals surface area contributed by atoms with Crippen LogP contribution in [0.25, 0.3) is 22.9 Å². The molecule has 0 aliphatic rings. The van der Waals surface area contributed by atoms with Gasteiger partial charge in [-0.15, -0.1) is 0 Å². The number of pyridine rings is 2. The molecule has 1 aromatic carbocycles. The van der Waals surface area contributed by atoms with Crippen molar-refractivity contribution in [2.24, 2.45) is 0 Å². The summed E-state index contributed by atoms with van der Waals surface area (Å²) >= 11 is 0. The monoisotopic (exact) mass is 332 g/mol. The van der Waals surface area contributed by atoms with Crippen molar-refractivity contribution in [3.05, 3.63) is 85.5 Å². The van der Waals surface area contributed by atoms with Crippen LogP contribution in [0.15, 0.2) is 79.9 Å². The van der Waals surface area contributed by atoms with Gasteiger partial charge in [-0.2, -0.15) is 0 Å². The Morgan fingerprint density at radius 3 is 2.04 bits per heavy atom. The first kappa shape index (κ1) is 16.1. The van der Waals surface area contributed by atoms with Crippen LogP contribution in [-0.4, -0.2) is 0 Å². The summed E-state index contributed by atoms with van der Waals surface area (Å²) in [7, 11) is -0.0611. The summed E-state index contributed by atoms with van der Waals surface area (Å²) < 4.78 is 14.4. The summed E-state index contributed by atoms with van der Waals surface area (Å²) in [6.45, 7) is 4.29. The molecule has 0 N–H and O–H groups in total. The van der Waals surface area contributed by atoms with Gasteiger partial charge >= 0.3 is 112 Å². The number of hydrogen-bond donors (Lipinski definition) is 0. The van der Waals surface area contributed by atoms with Crippen LogP contribution < -0.4 is 9.13 Å². The molecule has 0 fully saturated rings. The van der Waals surface area contributed by atoms with E-state index in [0.29, 0.717) is 6.54 Å². The van der Waals surface area contributed by atoms with Gasteiger partial charge in [0.1, 0.15) is 0 Å². The van der Waals surface area contributed by atoms with E-state index in [2.05, 4.69) is 65.6 Å². The van der Waals surface area contributed by atoms with Crippen LogP contribution in [0.1, 0.15) is 5.56 Å². The molecule has 0 aliphatic carbocycles. The van der Waals surface area contributed by atoms with E-state index in [0.717, 1.165) is 22.4 Å². The molecule has 3 nitrogen and oxygen atoms in total. The van der Waals surface area contributed by atoms with Crippen LogP contribution in [0.4, 0.5) is 0 Å². The molecule has 0 saturated carbocycles. The Morgan fingerprint density at radius 2 is 1.50 bits per heavy atom. The van der Waals surface area contributed by atoms with Crippen molar-refractivity contribution in [2.75, 3.05) is 0 Å². The first-order valence-electron chi connectivity index (χ1n) is 7.59. The molecule has 2 heterocycles. The Bertz CT molecular complexity index is 941. The number of nitrogens with zero attached hydrogens (tertiary/aromatic N) is 2. The van der Waals surface area contributed by atoms with E-state index in [1.807, 2.05) is 35.2 Å². The zero-order valence-corrected chi connectivity index (χ0v) is 14.1. The molecule has 0 saturated heterocycles. The third-order valence-electron chi connectivity index (χ3n) is 3.80. The van der Waals surface area contributed by atoms with Gasteiger partial charge in [-0.25, -0.2) is 0 Å². The molecule has 3 aromatic rings. The first-order chi connectivity index (χ1) is 11.8. The van der Waals surface area contributed by atoms with E-state index in [1.165, 1.54) is 0 Å². The van der Waals surface area contributed by atoms with Crippen LogP contribution in [0.3, 0.4) is 0 Å². The number of benzene rings is 1. The summed E-state index contributed by atoms with van der Waals surface area (Å²) in [6, 6.07) is 16.5. The summed E-state index contributed by atoms with van der Waals surface area (Å²) in [5.41, 5.74) is 7.24. The van der Waals surface area contributed by atoms with Crippen LogP contribution in [-0.2, 0) is 11.1 Å². The fraction of sp³-hybridized carbons (Fsp3) is 0.0500. The summed E-state index contributed by atoms with van der Waals surface area (Å²) in [5.74, 6) is 0. The molecule has 116 valence electrons. The molecule has 0 aliphatic heterocycles. The Balaban J connectivity index is 1.81. The second-order valence-corrected chi connectivity index (χ2v) is 5.80. The van der Waals surface area contributed by atoms with Crippen LogP contribution >= 0.6 is 7.92 Å². The molecule has 0 bridgehead atoms. The van der Waals surface area contributed by atoms with Crippen molar-refractivity contribution in [1.82, 2.24) is 0 Å². The molecule has 2 aromatic heterocycles. The zero-order chi connectivity index (χ0) is 16.8. The average Bonchev–Trinajstić information content (AvgIpc) is 2.67. The maximum absolute atomic E-state index is 10.4. The van der Waals surface area contributed by atoms with Crippen molar-refractivity contribution in [2.45, 2.75) is 6.54 Å². The van der Waals surface area contributed by atoms with Gasteiger partial charge in [0, 0.05) is 0 Å². The van der Waals surface area contributed by atoms with Gasteiger partial charge < -0.3 is 0 Å². The molecular formula is C20H17N2OP+2. The summed E-state index contributed by atoms with van der Waals surface area (Å²) in [6.07, 6.45) is 9.87. The third kappa shape index (κ3) is 3.78. The van der Waals surface area contributed by atoms with Gasteiger partial charge in [-0.3, -0.25) is 0 Å². The first-order valence-corrected chi connectivity index (χ1v) is 8.40. The van der Waals surface area contributed by atoms with Gasteiger partial charge in [0.2, 0.25) is 0 Å². The summed E-state index contributed by atoms with van der Waals surface area (Å²) in [5, 5.41) is 0. The fourth-order valence-electron chi connectivity index (χ4n) is 2.44. The van der Waals surface area contributed by atoms with Crippen LogP contribution in [0.2, 0.25) is 0 Å². The van der Waals surface area contributed by atoms with Crippen molar-refractivity contribution in [1.29, 1.82) is 0 Å². The topological polar surface area (TPSA) is 24.8 Å². The molecular weight excluding hydrogens is 315 g/mol. The standard InChI is InChI=1S/C20H17N2OP/c1-2-17-3-5-20(6-4-17)22-13-9-19(10-14-22)18-7-11-21(12-8-18)15-16-24-23/h2-14H,1,15H2/q+2. The minimum Gasteiger partial charge on any atom is -0.0484 e.